The van der Waals surface area contributed by atoms with Gasteiger partial charge in [0.1, 0.15) is 5.69 Å². The van der Waals surface area contributed by atoms with Gasteiger partial charge in [0, 0.05) is 14.1 Å². The first-order chi connectivity index (χ1) is 5.61. The van der Waals surface area contributed by atoms with Crippen molar-refractivity contribution in [2.45, 2.75) is 0 Å². The summed E-state index contributed by atoms with van der Waals surface area (Å²) in [5, 5.41) is 7.65. The predicted octanol–water partition coefficient (Wildman–Crippen LogP) is -0.802. The van der Waals surface area contributed by atoms with Crippen LogP contribution in [-0.4, -0.2) is 35.2 Å². The predicted molar refractivity (Wildman–Crippen MR) is 44.2 cm³/mol. The maximum atomic E-state index is 11.2. The number of nitrogens with two attached hydrogens (primary N) is 1. The van der Waals surface area contributed by atoms with Crippen LogP contribution in [0.3, 0.4) is 0 Å². The van der Waals surface area contributed by atoms with Gasteiger partial charge in [0.2, 0.25) is 0 Å². The largest absolute Gasteiger partial charge is 0.396 e. The topological polar surface area (TPSA) is 87.0 Å². The van der Waals surface area contributed by atoms with Crippen LogP contribution >= 0.6 is 0 Å². The molecule has 6 heteroatoms. The summed E-state index contributed by atoms with van der Waals surface area (Å²) in [5.41, 5.74) is 8.60. The molecule has 0 atom stereocenters. The molecule has 4 N–H and O–H groups in total. The number of hydrazine groups is 1. The van der Waals surface area contributed by atoms with E-state index in [0.717, 1.165) is 0 Å². The van der Waals surface area contributed by atoms with Crippen LogP contribution in [0, 0.1) is 0 Å². The molecule has 0 fully saturated rings. The zero-order valence-corrected chi connectivity index (χ0v) is 6.96. The van der Waals surface area contributed by atoms with Gasteiger partial charge in [0.15, 0.2) is 0 Å². The molecule has 1 rings (SSSR count). The van der Waals surface area contributed by atoms with E-state index in [2.05, 4.69) is 15.6 Å². The van der Waals surface area contributed by atoms with Crippen molar-refractivity contribution in [3.05, 3.63) is 11.9 Å². The summed E-state index contributed by atoms with van der Waals surface area (Å²) < 4.78 is 0. The van der Waals surface area contributed by atoms with E-state index < -0.39 is 0 Å². The highest BCUT2D eigenvalue weighted by atomic mass is 16.2. The van der Waals surface area contributed by atoms with Crippen molar-refractivity contribution in [1.29, 1.82) is 0 Å². The average molecular weight is 169 g/mol. The summed E-state index contributed by atoms with van der Waals surface area (Å²) in [6.07, 6.45) is 1.39. The highest BCUT2D eigenvalue weighted by molar-refractivity contribution is 5.96. The minimum absolute atomic E-state index is 0.281. The zero-order chi connectivity index (χ0) is 9.14. The SMILES string of the molecule is CN(C)NC(=O)c1[nH]ncc1N. The Morgan fingerprint density at radius 1 is 1.75 bits per heavy atom. The van der Waals surface area contributed by atoms with Crippen molar-refractivity contribution in [2.75, 3.05) is 19.8 Å². The van der Waals surface area contributed by atoms with Gasteiger partial charge in [-0.3, -0.25) is 15.3 Å². The zero-order valence-electron chi connectivity index (χ0n) is 6.96. The maximum Gasteiger partial charge on any atom is 0.285 e. The van der Waals surface area contributed by atoms with E-state index in [-0.39, 0.29) is 11.6 Å². The van der Waals surface area contributed by atoms with Crippen LogP contribution in [0.4, 0.5) is 5.69 Å². The second-order valence-corrected chi connectivity index (χ2v) is 2.54. The molecule has 0 aromatic carbocycles. The second kappa shape index (κ2) is 3.22. The van der Waals surface area contributed by atoms with Crippen molar-refractivity contribution in [2.24, 2.45) is 0 Å². The van der Waals surface area contributed by atoms with E-state index in [4.69, 9.17) is 5.73 Å². The number of rotatable bonds is 2. The lowest BCUT2D eigenvalue weighted by molar-refractivity contribution is 0.0852. The van der Waals surface area contributed by atoms with Gasteiger partial charge in [-0.1, -0.05) is 0 Å². The smallest absolute Gasteiger partial charge is 0.285 e. The van der Waals surface area contributed by atoms with E-state index in [1.54, 1.807) is 14.1 Å². The Hall–Kier alpha value is -1.56. The van der Waals surface area contributed by atoms with Crippen LogP contribution in [0.1, 0.15) is 10.5 Å². The van der Waals surface area contributed by atoms with Crippen molar-refractivity contribution in [1.82, 2.24) is 20.6 Å². The van der Waals surface area contributed by atoms with Crippen LogP contribution in [0.15, 0.2) is 6.20 Å². The third-order valence-electron chi connectivity index (χ3n) is 1.22. The molecule has 0 spiro atoms. The molecule has 12 heavy (non-hydrogen) atoms. The molecule has 1 amide bonds. The molecule has 0 saturated carbocycles. The molecule has 6 nitrogen and oxygen atoms in total. The molecule has 0 saturated heterocycles. The summed E-state index contributed by atoms with van der Waals surface area (Å²) in [5.74, 6) is -0.296. The molecule has 1 aromatic heterocycles. The van der Waals surface area contributed by atoms with Gasteiger partial charge >= 0.3 is 0 Å². The first-order valence-corrected chi connectivity index (χ1v) is 3.38. The highest BCUT2D eigenvalue weighted by Crippen LogP contribution is 2.04. The summed E-state index contributed by atoms with van der Waals surface area (Å²) in [6.45, 7) is 0. The fourth-order valence-electron chi connectivity index (χ4n) is 0.736. The number of aromatic amines is 1. The van der Waals surface area contributed by atoms with Crippen molar-refractivity contribution in [3.8, 4) is 0 Å². The molecule has 1 aromatic rings. The number of aromatic nitrogens is 2. The van der Waals surface area contributed by atoms with Crippen molar-refractivity contribution >= 4 is 11.6 Å². The molecule has 0 bridgehead atoms. The number of carbonyl (C=O) groups excluding carboxylic acids is 1. The van der Waals surface area contributed by atoms with Crippen LogP contribution in [0.2, 0.25) is 0 Å². The van der Waals surface area contributed by atoms with Gasteiger partial charge in [0.05, 0.1) is 11.9 Å². The number of nitrogens with one attached hydrogen (secondary N) is 2. The molecular formula is C6H11N5O. The standard InChI is InChI=1S/C6H11N5O/c1-11(2)10-6(12)5-4(7)3-8-9-5/h3H,7H2,1-2H3,(H,8,9)(H,10,12). The van der Waals surface area contributed by atoms with Gasteiger partial charge in [-0.05, 0) is 0 Å². The Morgan fingerprint density at radius 2 is 2.42 bits per heavy atom. The Bertz CT molecular complexity index is 279. The monoisotopic (exact) mass is 169 g/mol. The normalized spacial score (nSPS) is 10.2. The fraction of sp³-hybridized carbons (Fsp3) is 0.333. The minimum Gasteiger partial charge on any atom is -0.396 e. The van der Waals surface area contributed by atoms with Gasteiger partial charge in [-0.15, -0.1) is 0 Å². The number of amides is 1. The molecule has 0 unspecified atom stereocenters. The Morgan fingerprint density at radius 3 is 2.83 bits per heavy atom. The fourth-order valence-corrected chi connectivity index (χ4v) is 0.736. The first kappa shape index (κ1) is 8.54. The number of nitrogens with zero attached hydrogens (tertiary/aromatic N) is 2. The maximum absolute atomic E-state index is 11.2. The Balaban J connectivity index is 2.72. The number of carbonyl (C=O) groups is 1. The summed E-state index contributed by atoms with van der Waals surface area (Å²) in [7, 11) is 3.43. The molecule has 0 aliphatic rings. The quantitative estimate of drug-likeness (QED) is 0.506. The molecule has 0 aliphatic heterocycles. The lowest BCUT2D eigenvalue weighted by Crippen LogP contribution is -2.36. The highest BCUT2D eigenvalue weighted by Gasteiger charge is 2.11. The van der Waals surface area contributed by atoms with Crippen molar-refractivity contribution in [3.63, 3.8) is 0 Å². The summed E-state index contributed by atoms with van der Waals surface area (Å²) in [6, 6.07) is 0. The lowest BCUT2D eigenvalue weighted by atomic mass is 10.4. The number of hydrogen-bond donors (Lipinski definition) is 3. The number of nitrogen functional groups attached to an aromatic ring is 1. The summed E-state index contributed by atoms with van der Waals surface area (Å²) >= 11 is 0. The molecular weight excluding hydrogens is 158 g/mol. The summed E-state index contributed by atoms with van der Waals surface area (Å²) in [4.78, 5) is 11.2. The number of anilines is 1. The van der Waals surface area contributed by atoms with E-state index in [1.807, 2.05) is 0 Å². The van der Waals surface area contributed by atoms with Crippen molar-refractivity contribution < 1.29 is 4.79 Å². The van der Waals surface area contributed by atoms with Gasteiger partial charge in [-0.2, -0.15) is 5.10 Å². The van der Waals surface area contributed by atoms with E-state index in [9.17, 15) is 4.79 Å². The van der Waals surface area contributed by atoms with Crippen LogP contribution < -0.4 is 11.2 Å². The lowest BCUT2D eigenvalue weighted by Gasteiger charge is -2.10. The van der Waals surface area contributed by atoms with E-state index in [1.165, 1.54) is 11.2 Å². The third kappa shape index (κ3) is 1.73. The van der Waals surface area contributed by atoms with Crippen LogP contribution in [-0.2, 0) is 0 Å². The third-order valence-corrected chi connectivity index (χ3v) is 1.22. The second-order valence-electron chi connectivity index (χ2n) is 2.54. The van der Waals surface area contributed by atoms with E-state index in [0.29, 0.717) is 5.69 Å². The van der Waals surface area contributed by atoms with Gasteiger partial charge < -0.3 is 5.73 Å². The van der Waals surface area contributed by atoms with E-state index >= 15 is 0 Å². The number of hydrogen-bond acceptors (Lipinski definition) is 4. The Kier molecular flexibility index (Phi) is 2.29. The molecule has 0 aliphatic carbocycles. The molecule has 0 radical (unpaired) electrons. The van der Waals surface area contributed by atoms with Gasteiger partial charge in [-0.25, -0.2) is 5.01 Å². The first-order valence-electron chi connectivity index (χ1n) is 3.38. The van der Waals surface area contributed by atoms with Crippen LogP contribution in [0.25, 0.3) is 0 Å². The van der Waals surface area contributed by atoms with Gasteiger partial charge in [0.25, 0.3) is 5.91 Å². The molecule has 66 valence electrons. The Labute approximate surface area is 69.7 Å². The average Bonchev–Trinajstić information content (AvgIpc) is 2.33. The number of H-pyrrole nitrogens is 1. The van der Waals surface area contributed by atoms with Crippen LogP contribution in [0.5, 0.6) is 0 Å². The minimum atomic E-state index is -0.296. The molecule has 1 heterocycles.